The van der Waals surface area contributed by atoms with Crippen LogP contribution in [-0.2, 0) is 9.59 Å². The molecule has 1 atom stereocenters. The summed E-state index contributed by atoms with van der Waals surface area (Å²) >= 11 is 1.06. The number of carbonyl (C=O) groups excluding carboxylic acids is 1. The summed E-state index contributed by atoms with van der Waals surface area (Å²) in [5.74, 6) is -0.704. The second-order valence-corrected chi connectivity index (χ2v) is 6.35. The molecule has 0 spiro atoms. The summed E-state index contributed by atoms with van der Waals surface area (Å²) in [4.78, 5) is 22.2. The van der Waals surface area contributed by atoms with Gasteiger partial charge in [-0.05, 0) is 30.2 Å². The average Bonchev–Trinajstić information content (AvgIpc) is 2.85. The summed E-state index contributed by atoms with van der Waals surface area (Å²) in [5.41, 5.74) is 1.71. The van der Waals surface area contributed by atoms with Crippen molar-refractivity contribution in [2.75, 3.05) is 6.61 Å². The van der Waals surface area contributed by atoms with Gasteiger partial charge in [-0.1, -0.05) is 30.5 Å². The molecule has 1 aromatic carbocycles. The summed E-state index contributed by atoms with van der Waals surface area (Å²) in [5, 5.41) is 18.7. The number of nitrogens with one attached hydrogen (secondary N) is 1. The molecule has 1 amide bonds. The van der Waals surface area contributed by atoms with Crippen molar-refractivity contribution in [3.8, 4) is 5.75 Å². The second kappa shape index (κ2) is 8.30. The molecular weight excluding hydrogens is 330 g/mol. The molecule has 0 bridgehead atoms. The van der Waals surface area contributed by atoms with Gasteiger partial charge in [0.25, 0.3) is 0 Å². The van der Waals surface area contributed by atoms with Crippen LogP contribution in [0.2, 0.25) is 0 Å². The van der Waals surface area contributed by atoms with Crippen LogP contribution in [0.1, 0.15) is 18.9 Å². The summed E-state index contributed by atoms with van der Waals surface area (Å²) in [7, 11) is 0. The largest absolute Gasteiger partial charge is 0.489 e. The zero-order valence-electron chi connectivity index (χ0n) is 13.1. The van der Waals surface area contributed by atoms with Gasteiger partial charge < -0.3 is 15.2 Å². The summed E-state index contributed by atoms with van der Waals surface area (Å²) in [6, 6.07) is 7.30. The van der Waals surface area contributed by atoms with Crippen LogP contribution in [0.4, 0.5) is 0 Å². The molecule has 1 aromatic rings. The topological polar surface area (TPSA) is 100 Å². The lowest BCUT2D eigenvalue weighted by Gasteiger charge is -2.05. The first-order valence-electron chi connectivity index (χ1n) is 7.11. The molecule has 2 N–H and O–H groups in total. The molecule has 1 unspecified atom stereocenters. The van der Waals surface area contributed by atoms with Gasteiger partial charge in [-0.3, -0.25) is 9.59 Å². The van der Waals surface area contributed by atoms with Crippen LogP contribution in [0.3, 0.4) is 0 Å². The lowest BCUT2D eigenvalue weighted by Crippen LogP contribution is -2.26. The Kier molecular flexibility index (Phi) is 6.14. The van der Waals surface area contributed by atoms with E-state index in [1.807, 2.05) is 25.1 Å². The van der Waals surface area contributed by atoms with E-state index in [0.717, 1.165) is 22.9 Å². The predicted molar refractivity (Wildman–Crippen MR) is 93.6 cm³/mol. The number of carbonyl (C=O) groups is 2. The number of nitrogens with zero attached hydrogens (tertiary/aromatic N) is 2. The highest BCUT2D eigenvalue weighted by atomic mass is 32.2. The lowest BCUT2D eigenvalue weighted by molar-refractivity contribution is -0.138. The highest BCUT2D eigenvalue weighted by Crippen LogP contribution is 2.22. The molecular formula is C16H17N3O4S. The maximum atomic E-state index is 11.6. The first-order valence-corrected chi connectivity index (χ1v) is 7.99. The third kappa shape index (κ3) is 5.54. The van der Waals surface area contributed by atoms with Crippen molar-refractivity contribution >= 4 is 35.0 Å². The van der Waals surface area contributed by atoms with Crippen LogP contribution in [-0.4, -0.2) is 40.2 Å². The molecule has 1 aliphatic rings. The molecule has 24 heavy (non-hydrogen) atoms. The molecule has 1 heterocycles. The zero-order valence-corrected chi connectivity index (χ0v) is 13.9. The Labute approximate surface area is 143 Å². The Morgan fingerprint density at radius 2 is 2.33 bits per heavy atom. The van der Waals surface area contributed by atoms with E-state index in [9.17, 15) is 9.59 Å². The van der Waals surface area contributed by atoms with Crippen molar-refractivity contribution in [3.05, 3.63) is 42.0 Å². The Bertz CT molecular complexity index is 715. The fourth-order valence-corrected chi connectivity index (χ4v) is 2.70. The first-order chi connectivity index (χ1) is 11.4. The number of amides is 1. The maximum absolute atomic E-state index is 11.6. The number of ether oxygens (including phenoxy) is 1. The van der Waals surface area contributed by atoms with Crippen molar-refractivity contribution in [2.45, 2.75) is 18.6 Å². The normalized spacial score (nSPS) is 18.8. The molecule has 1 fully saturated rings. The Morgan fingerprint density at radius 3 is 3.04 bits per heavy atom. The number of thioether (sulfide) groups is 1. The quantitative estimate of drug-likeness (QED) is 0.447. The van der Waals surface area contributed by atoms with Gasteiger partial charge in [-0.15, -0.1) is 5.10 Å². The van der Waals surface area contributed by atoms with Crippen LogP contribution in [0.25, 0.3) is 0 Å². The van der Waals surface area contributed by atoms with Gasteiger partial charge >= 0.3 is 5.97 Å². The van der Waals surface area contributed by atoms with Crippen LogP contribution < -0.4 is 10.1 Å². The number of carboxylic acid groups (broad SMARTS) is 1. The highest BCUT2D eigenvalue weighted by Gasteiger charge is 2.32. The van der Waals surface area contributed by atoms with Crippen LogP contribution in [0, 0.1) is 0 Å². The molecule has 0 radical (unpaired) electrons. The third-order valence-electron chi connectivity index (χ3n) is 2.84. The van der Waals surface area contributed by atoms with E-state index in [1.165, 1.54) is 6.21 Å². The Morgan fingerprint density at radius 1 is 1.54 bits per heavy atom. The fraction of sp³-hybridized carbons (Fsp3) is 0.250. The predicted octanol–water partition coefficient (Wildman–Crippen LogP) is 2.04. The van der Waals surface area contributed by atoms with Gasteiger partial charge in [0, 0.05) is 0 Å². The van der Waals surface area contributed by atoms with Crippen LogP contribution in [0.15, 0.2) is 46.6 Å². The standard InChI is InChI=1S/C16H17N3O4S/c1-10(2)9-23-12-5-3-4-11(6-12)8-17-19-16-18-15(22)13(24-16)7-14(20)21/h3-6,8,13H,1,7,9H2,2H3,(H,20,21)(H,18,19,22). The minimum atomic E-state index is -1.03. The van der Waals surface area contributed by atoms with Gasteiger partial charge in [-0.25, -0.2) is 0 Å². The average molecular weight is 347 g/mol. The van der Waals surface area contributed by atoms with E-state index in [2.05, 4.69) is 22.1 Å². The highest BCUT2D eigenvalue weighted by molar-refractivity contribution is 8.15. The van der Waals surface area contributed by atoms with Gasteiger partial charge in [-0.2, -0.15) is 5.10 Å². The van der Waals surface area contributed by atoms with E-state index in [1.54, 1.807) is 6.07 Å². The molecule has 1 aliphatic heterocycles. The number of hydrogen-bond donors (Lipinski definition) is 2. The second-order valence-electron chi connectivity index (χ2n) is 5.16. The van der Waals surface area contributed by atoms with Gasteiger partial charge in [0.2, 0.25) is 5.91 Å². The Hall–Kier alpha value is -2.61. The van der Waals surface area contributed by atoms with E-state index in [4.69, 9.17) is 9.84 Å². The van der Waals surface area contributed by atoms with Crippen molar-refractivity contribution in [1.29, 1.82) is 0 Å². The van der Waals surface area contributed by atoms with Crippen molar-refractivity contribution in [1.82, 2.24) is 5.32 Å². The Balaban J connectivity index is 1.96. The third-order valence-corrected chi connectivity index (χ3v) is 3.91. The molecule has 0 saturated carbocycles. The molecule has 0 aliphatic carbocycles. The van der Waals surface area contributed by atoms with Crippen molar-refractivity contribution in [2.24, 2.45) is 10.2 Å². The summed E-state index contributed by atoms with van der Waals surface area (Å²) in [6.45, 7) is 6.10. The van der Waals surface area contributed by atoms with Gasteiger partial charge in [0.1, 0.15) is 17.6 Å². The number of rotatable bonds is 7. The monoisotopic (exact) mass is 347 g/mol. The van der Waals surface area contributed by atoms with Gasteiger partial charge in [0.05, 0.1) is 12.6 Å². The van der Waals surface area contributed by atoms with Crippen molar-refractivity contribution in [3.63, 3.8) is 0 Å². The fourth-order valence-electron chi connectivity index (χ4n) is 1.78. The number of amidine groups is 1. The summed E-state index contributed by atoms with van der Waals surface area (Å²) < 4.78 is 5.54. The number of hydrogen-bond acceptors (Lipinski definition) is 6. The minimum Gasteiger partial charge on any atom is -0.489 e. The molecule has 1 saturated heterocycles. The molecule has 7 nitrogen and oxygen atoms in total. The molecule has 0 aromatic heterocycles. The smallest absolute Gasteiger partial charge is 0.305 e. The summed E-state index contributed by atoms with van der Waals surface area (Å²) in [6.07, 6.45) is 1.28. The van der Waals surface area contributed by atoms with E-state index < -0.39 is 11.2 Å². The lowest BCUT2D eigenvalue weighted by atomic mass is 10.2. The number of benzene rings is 1. The SMILES string of the molecule is C=C(C)COc1cccc(C=NN=C2NC(=O)C(CC(=O)O)S2)c1. The van der Waals surface area contributed by atoms with E-state index >= 15 is 0 Å². The maximum Gasteiger partial charge on any atom is 0.305 e. The van der Waals surface area contributed by atoms with Crippen molar-refractivity contribution < 1.29 is 19.4 Å². The van der Waals surface area contributed by atoms with Crippen LogP contribution in [0.5, 0.6) is 5.75 Å². The minimum absolute atomic E-state index is 0.249. The van der Waals surface area contributed by atoms with Crippen LogP contribution >= 0.6 is 11.8 Å². The number of aliphatic carboxylic acids is 1. The van der Waals surface area contributed by atoms with E-state index in [-0.39, 0.29) is 17.5 Å². The zero-order chi connectivity index (χ0) is 17.5. The number of carboxylic acids is 1. The first kappa shape index (κ1) is 17.7. The molecule has 8 heteroatoms. The van der Waals surface area contributed by atoms with Gasteiger partial charge in [0.15, 0.2) is 5.17 Å². The molecule has 126 valence electrons. The van der Waals surface area contributed by atoms with E-state index in [0.29, 0.717) is 12.4 Å². The molecule has 2 rings (SSSR count).